The Bertz CT molecular complexity index is 1500. The summed E-state index contributed by atoms with van der Waals surface area (Å²) in [6.07, 6.45) is -3.11. The molecule has 0 atom stereocenters. The van der Waals surface area contributed by atoms with Crippen molar-refractivity contribution in [2.45, 2.75) is 33.5 Å². The van der Waals surface area contributed by atoms with Crippen LogP contribution in [0.4, 0.5) is 23.4 Å². The Labute approximate surface area is 202 Å². The molecule has 186 valence electrons. The number of amides is 2. The van der Waals surface area contributed by atoms with E-state index in [0.717, 1.165) is 6.07 Å². The van der Waals surface area contributed by atoms with Gasteiger partial charge in [-0.15, -0.1) is 0 Å². The van der Waals surface area contributed by atoms with E-state index in [4.69, 9.17) is 0 Å². The summed E-state index contributed by atoms with van der Waals surface area (Å²) in [5, 5.41) is 9.60. The molecular weight excluding hydrogens is 480 g/mol. The highest BCUT2D eigenvalue weighted by molar-refractivity contribution is 5.96. The van der Waals surface area contributed by atoms with E-state index < -0.39 is 30.0 Å². The van der Waals surface area contributed by atoms with E-state index in [0.29, 0.717) is 46.2 Å². The number of aromatic nitrogens is 4. The van der Waals surface area contributed by atoms with Crippen molar-refractivity contribution in [2.75, 3.05) is 5.32 Å². The van der Waals surface area contributed by atoms with Gasteiger partial charge in [0.2, 0.25) is 5.91 Å². The van der Waals surface area contributed by atoms with Crippen LogP contribution in [0, 0.1) is 19.7 Å². The maximum Gasteiger partial charge on any atom is 0.416 e. The van der Waals surface area contributed by atoms with E-state index in [9.17, 15) is 27.2 Å². The van der Waals surface area contributed by atoms with Gasteiger partial charge < -0.3 is 10.6 Å². The van der Waals surface area contributed by atoms with E-state index in [1.54, 1.807) is 26.0 Å². The van der Waals surface area contributed by atoms with Crippen LogP contribution in [0.25, 0.3) is 16.9 Å². The minimum atomic E-state index is -4.63. The number of hydrogen-bond donors (Lipinski definition) is 2. The fraction of sp³-hybridized carbons (Fsp3) is 0.208. The molecule has 0 saturated carbocycles. The largest absolute Gasteiger partial charge is 0.416 e. The first-order chi connectivity index (χ1) is 16.9. The smallest absolute Gasteiger partial charge is 0.348 e. The number of aryl methyl sites for hydroxylation is 2. The van der Waals surface area contributed by atoms with Crippen LogP contribution in [-0.4, -0.2) is 31.4 Å². The zero-order chi connectivity index (χ0) is 26.2. The number of rotatable bonds is 5. The molecule has 2 amide bonds. The summed E-state index contributed by atoms with van der Waals surface area (Å²) in [6.45, 7) is 4.26. The maximum atomic E-state index is 14.0. The van der Waals surface area contributed by atoms with Crippen molar-refractivity contribution in [2.24, 2.45) is 0 Å². The highest BCUT2D eigenvalue weighted by atomic mass is 19.4. The van der Waals surface area contributed by atoms with Crippen LogP contribution >= 0.6 is 0 Å². The molecule has 8 nitrogen and oxygen atoms in total. The first-order valence-corrected chi connectivity index (χ1v) is 10.7. The third-order valence-electron chi connectivity index (χ3n) is 5.44. The van der Waals surface area contributed by atoms with Crippen LogP contribution in [0.5, 0.6) is 0 Å². The van der Waals surface area contributed by atoms with Gasteiger partial charge in [0, 0.05) is 30.8 Å². The Hall–Kier alpha value is -4.35. The second-order valence-electron chi connectivity index (χ2n) is 8.06. The number of anilines is 1. The standard InChI is InChI=1S/C24H20F4N6O2/c1-12-18(23(36)30-10-15-8-17(24(26,27)28)4-5-19(15)25)9-16(11-29-12)20-6-7-21-32-22(31-14(3)35)13(2)34(21)33-20/h4-9,11H,10H2,1-3H3,(H,30,36)(H,31,35). The fourth-order valence-electron chi connectivity index (χ4n) is 3.54. The normalized spacial score (nSPS) is 11.5. The van der Waals surface area contributed by atoms with Gasteiger partial charge in [-0.3, -0.25) is 14.6 Å². The molecule has 36 heavy (non-hydrogen) atoms. The highest BCUT2D eigenvalue weighted by Crippen LogP contribution is 2.30. The first kappa shape index (κ1) is 24.8. The molecule has 2 N–H and O–H groups in total. The van der Waals surface area contributed by atoms with Gasteiger partial charge in [0.05, 0.1) is 28.2 Å². The van der Waals surface area contributed by atoms with Crippen molar-refractivity contribution in [3.05, 3.63) is 76.5 Å². The molecule has 0 saturated heterocycles. The van der Waals surface area contributed by atoms with Crippen LogP contribution in [0.15, 0.2) is 42.6 Å². The molecule has 0 bridgehead atoms. The minimum absolute atomic E-state index is 0.156. The van der Waals surface area contributed by atoms with Crippen molar-refractivity contribution < 1.29 is 27.2 Å². The van der Waals surface area contributed by atoms with Gasteiger partial charge in [-0.1, -0.05) is 0 Å². The third kappa shape index (κ3) is 5.02. The van der Waals surface area contributed by atoms with Gasteiger partial charge in [-0.05, 0) is 50.2 Å². The van der Waals surface area contributed by atoms with Gasteiger partial charge in [0.15, 0.2) is 11.5 Å². The molecule has 0 unspecified atom stereocenters. The number of alkyl halides is 3. The zero-order valence-electron chi connectivity index (χ0n) is 19.4. The van der Waals surface area contributed by atoms with Crippen LogP contribution in [0.2, 0.25) is 0 Å². The highest BCUT2D eigenvalue weighted by Gasteiger charge is 2.31. The quantitative estimate of drug-likeness (QED) is 0.394. The molecule has 0 fully saturated rings. The number of hydrogen-bond acceptors (Lipinski definition) is 5. The van der Waals surface area contributed by atoms with Gasteiger partial charge in [0.25, 0.3) is 5.91 Å². The molecule has 3 aromatic heterocycles. The number of nitrogens with zero attached hydrogens (tertiary/aromatic N) is 4. The molecule has 3 heterocycles. The summed E-state index contributed by atoms with van der Waals surface area (Å²) < 4.78 is 54.4. The summed E-state index contributed by atoms with van der Waals surface area (Å²) in [4.78, 5) is 32.8. The molecule has 0 spiro atoms. The number of fused-ring (bicyclic) bond motifs is 1. The Morgan fingerprint density at radius 1 is 1.08 bits per heavy atom. The van der Waals surface area contributed by atoms with E-state index in [2.05, 4.69) is 25.7 Å². The molecule has 0 aliphatic carbocycles. The Balaban J connectivity index is 1.60. The second-order valence-corrected chi connectivity index (χ2v) is 8.06. The average Bonchev–Trinajstić information content (AvgIpc) is 3.11. The predicted molar refractivity (Wildman–Crippen MR) is 123 cm³/mol. The molecule has 4 aromatic rings. The lowest BCUT2D eigenvalue weighted by Gasteiger charge is -2.12. The number of carbonyl (C=O) groups excluding carboxylic acids is 2. The van der Waals surface area contributed by atoms with Crippen LogP contribution in [0.1, 0.15) is 39.8 Å². The summed E-state index contributed by atoms with van der Waals surface area (Å²) in [5.41, 5.74) is 1.28. The molecule has 12 heteroatoms. The Morgan fingerprint density at radius 3 is 2.53 bits per heavy atom. The number of nitrogens with one attached hydrogen (secondary N) is 2. The van der Waals surface area contributed by atoms with E-state index >= 15 is 0 Å². The maximum absolute atomic E-state index is 14.0. The Kier molecular flexibility index (Phi) is 6.44. The fourth-order valence-corrected chi connectivity index (χ4v) is 3.54. The van der Waals surface area contributed by atoms with Gasteiger partial charge >= 0.3 is 6.18 Å². The monoisotopic (exact) mass is 500 g/mol. The number of pyridine rings is 1. The van der Waals surface area contributed by atoms with Gasteiger partial charge in [-0.25, -0.2) is 13.9 Å². The second kappa shape index (κ2) is 9.36. The lowest BCUT2D eigenvalue weighted by Crippen LogP contribution is -2.25. The van der Waals surface area contributed by atoms with Crippen LogP contribution < -0.4 is 10.6 Å². The third-order valence-corrected chi connectivity index (χ3v) is 5.44. The molecule has 1 aromatic carbocycles. The average molecular weight is 500 g/mol. The van der Waals surface area contributed by atoms with Crippen molar-refractivity contribution in [3.8, 4) is 11.3 Å². The number of imidazole rings is 1. The molecule has 4 rings (SSSR count). The number of halogens is 4. The van der Waals surface area contributed by atoms with Crippen molar-refractivity contribution >= 4 is 23.3 Å². The lowest BCUT2D eigenvalue weighted by molar-refractivity contribution is -0.137. The van der Waals surface area contributed by atoms with Crippen LogP contribution in [0.3, 0.4) is 0 Å². The molecule has 0 radical (unpaired) electrons. The topological polar surface area (TPSA) is 101 Å². The van der Waals surface area contributed by atoms with E-state index in [1.165, 1.54) is 23.7 Å². The Morgan fingerprint density at radius 2 is 1.83 bits per heavy atom. The summed E-state index contributed by atoms with van der Waals surface area (Å²) in [6, 6.07) is 6.93. The predicted octanol–water partition coefficient (Wildman–Crippen LogP) is 4.45. The lowest BCUT2D eigenvalue weighted by atomic mass is 10.1. The molecule has 0 aliphatic rings. The van der Waals surface area contributed by atoms with Crippen molar-refractivity contribution in [3.63, 3.8) is 0 Å². The van der Waals surface area contributed by atoms with Crippen molar-refractivity contribution in [1.82, 2.24) is 24.9 Å². The number of benzene rings is 1. The van der Waals surface area contributed by atoms with Gasteiger partial charge in [0.1, 0.15) is 5.82 Å². The molecule has 0 aliphatic heterocycles. The van der Waals surface area contributed by atoms with Gasteiger partial charge in [-0.2, -0.15) is 18.3 Å². The molecular formula is C24H20F4N6O2. The van der Waals surface area contributed by atoms with Crippen LogP contribution in [-0.2, 0) is 17.5 Å². The first-order valence-electron chi connectivity index (χ1n) is 10.7. The van der Waals surface area contributed by atoms with E-state index in [-0.39, 0.29) is 17.0 Å². The summed E-state index contributed by atoms with van der Waals surface area (Å²) in [5.74, 6) is -1.40. The summed E-state index contributed by atoms with van der Waals surface area (Å²) >= 11 is 0. The minimum Gasteiger partial charge on any atom is -0.348 e. The summed E-state index contributed by atoms with van der Waals surface area (Å²) in [7, 11) is 0. The zero-order valence-corrected chi connectivity index (χ0v) is 19.4. The number of carbonyl (C=O) groups is 2. The van der Waals surface area contributed by atoms with Crippen molar-refractivity contribution in [1.29, 1.82) is 0 Å². The van der Waals surface area contributed by atoms with E-state index in [1.807, 2.05) is 0 Å². The SMILES string of the molecule is CC(=O)Nc1nc2ccc(-c3cnc(C)c(C(=O)NCc4cc(C(F)(F)F)ccc4F)c3)nn2c1C.